The fourth-order valence-corrected chi connectivity index (χ4v) is 4.02. The van der Waals surface area contributed by atoms with Crippen LogP contribution < -0.4 is 0 Å². The van der Waals surface area contributed by atoms with Crippen molar-refractivity contribution >= 4 is 22.1 Å². The van der Waals surface area contributed by atoms with Gasteiger partial charge >= 0.3 is 0 Å². The number of allylic oxidation sites excluding steroid dienone is 1. The molecule has 0 aliphatic carbocycles. The highest BCUT2D eigenvalue weighted by molar-refractivity contribution is 7.96. The van der Waals surface area contributed by atoms with Crippen LogP contribution >= 0.6 is 0 Å². The third kappa shape index (κ3) is 4.50. The van der Waals surface area contributed by atoms with Gasteiger partial charge in [-0.15, -0.1) is 0 Å². The Morgan fingerprint density at radius 1 is 1.04 bits per heavy atom. The third-order valence-electron chi connectivity index (χ3n) is 4.42. The fourth-order valence-electron chi connectivity index (χ4n) is 2.87. The first-order chi connectivity index (χ1) is 12.8. The van der Waals surface area contributed by atoms with Gasteiger partial charge in [0.05, 0.1) is 4.91 Å². The molecule has 0 bridgehead atoms. The molecule has 0 saturated carbocycles. The third-order valence-corrected chi connectivity index (χ3v) is 6.07. The Labute approximate surface area is 167 Å². The summed E-state index contributed by atoms with van der Waals surface area (Å²) in [6.45, 7) is 11.9. The van der Waals surface area contributed by atoms with Gasteiger partial charge in [0.15, 0.2) is 5.03 Å². The molecule has 2 N–H and O–H groups in total. The van der Waals surface area contributed by atoms with E-state index in [-0.39, 0.29) is 26.5 Å². The number of sulfone groups is 1. The summed E-state index contributed by atoms with van der Waals surface area (Å²) in [5.74, 6) is 0.223. The quantitative estimate of drug-likeness (QED) is 0.718. The average molecular weight is 401 g/mol. The number of benzene rings is 1. The first-order valence-electron chi connectivity index (χ1n) is 9.05. The van der Waals surface area contributed by atoms with E-state index in [1.165, 1.54) is 18.3 Å². The number of phenols is 1. The van der Waals surface area contributed by atoms with Gasteiger partial charge < -0.3 is 10.5 Å². The minimum absolute atomic E-state index is 0.101. The Kier molecular flexibility index (Phi) is 5.85. The number of hydrogen-bond donors (Lipinski definition) is 2. The van der Waals surface area contributed by atoms with Gasteiger partial charge in [-0.2, -0.15) is 0 Å². The molecule has 0 aliphatic rings. The van der Waals surface area contributed by atoms with Crippen molar-refractivity contribution in [3.05, 3.63) is 58.1 Å². The number of phenolic OH excluding ortho intramolecular Hbond substituents is 1. The number of aromatic hydroxyl groups is 1. The summed E-state index contributed by atoms with van der Waals surface area (Å²) in [5.41, 5.74) is 1.40. The molecule has 0 spiro atoms. The molecule has 2 aromatic rings. The second kappa shape index (κ2) is 7.51. The minimum atomic E-state index is -3.91. The van der Waals surface area contributed by atoms with Gasteiger partial charge in [-0.3, -0.25) is 0 Å². The van der Waals surface area contributed by atoms with Crippen LogP contribution in [0.5, 0.6) is 5.75 Å². The molecular weight excluding hydrogens is 372 g/mol. The van der Waals surface area contributed by atoms with Crippen molar-refractivity contribution in [1.82, 2.24) is 4.98 Å². The fraction of sp³-hybridized carbons (Fsp3) is 0.364. The molecule has 1 aromatic heterocycles. The Morgan fingerprint density at radius 2 is 1.57 bits per heavy atom. The van der Waals surface area contributed by atoms with Gasteiger partial charge in [-0.05, 0) is 46.7 Å². The molecule has 0 unspecified atom stereocenters. The summed E-state index contributed by atoms with van der Waals surface area (Å²) in [7, 11) is -3.91. The molecule has 0 saturated heterocycles. The van der Waals surface area contributed by atoms with E-state index in [2.05, 4.69) is 4.98 Å². The molecule has 1 aromatic carbocycles. The predicted molar refractivity (Wildman–Crippen MR) is 114 cm³/mol. The maximum Gasteiger partial charge on any atom is 0.225 e. The monoisotopic (exact) mass is 400 g/mol. The molecule has 0 aliphatic heterocycles. The number of pyridine rings is 1. The summed E-state index contributed by atoms with van der Waals surface area (Å²) >= 11 is 0. The Morgan fingerprint density at radius 3 is 1.96 bits per heavy atom. The zero-order valence-corrected chi connectivity index (χ0v) is 18.1. The van der Waals surface area contributed by atoms with Crippen molar-refractivity contribution in [1.29, 1.82) is 5.41 Å². The lowest BCUT2D eigenvalue weighted by Gasteiger charge is -2.28. The lowest BCUT2D eigenvalue weighted by molar-refractivity contribution is 0.423. The lowest BCUT2D eigenvalue weighted by Crippen LogP contribution is -2.17. The smallest absolute Gasteiger partial charge is 0.225 e. The molecule has 0 atom stereocenters. The van der Waals surface area contributed by atoms with E-state index in [9.17, 15) is 13.5 Å². The van der Waals surface area contributed by atoms with E-state index >= 15 is 0 Å². The van der Waals surface area contributed by atoms with Crippen LogP contribution in [-0.4, -0.2) is 24.7 Å². The maximum atomic E-state index is 12.9. The molecule has 150 valence electrons. The summed E-state index contributed by atoms with van der Waals surface area (Å²) < 4.78 is 25.7. The normalized spacial score (nSPS) is 13.4. The maximum absolute atomic E-state index is 12.9. The second-order valence-corrected chi connectivity index (χ2v) is 10.7. The van der Waals surface area contributed by atoms with E-state index < -0.39 is 9.84 Å². The summed E-state index contributed by atoms with van der Waals surface area (Å²) in [6, 6.07) is 8.20. The Bertz CT molecular complexity index is 975. The van der Waals surface area contributed by atoms with Crippen molar-refractivity contribution in [2.24, 2.45) is 0 Å². The van der Waals surface area contributed by atoms with Crippen molar-refractivity contribution in [2.45, 2.75) is 57.4 Å². The standard InChI is InChI=1S/C22H28N2O3S/c1-21(2,3)17-12-15(13-18(20(17)25)22(4,5)6)11-16(14-23)28(26,27)19-9-7-8-10-24-19/h7-14,23,25H,1-6H3/b16-11+,23-14?. The number of nitrogens with zero attached hydrogens (tertiary/aromatic N) is 1. The van der Waals surface area contributed by atoms with Crippen LogP contribution in [0.2, 0.25) is 0 Å². The van der Waals surface area contributed by atoms with Crippen LogP contribution in [0.25, 0.3) is 6.08 Å². The summed E-state index contributed by atoms with van der Waals surface area (Å²) in [6.07, 6.45) is 3.69. The SMILES string of the molecule is CC(C)(C)c1cc(/C=C(\C=N)S(=O)(=O)c2ccccn2)cc(C(C)(C)C)c1O. The van der Waals surface area contributed by atoms with Crippen LogP contribution in [0, 0.1) is 5.41 Å². The van der Waals surface area contributed by atoms with Gasteiger partial charge in [-0.25, -0.2) is 13.4 Å². The second-order valence-electron chi connectivity index (χ2n) is 8.83. The first-order valence-corrected chi connectivity index (χ1v) is 10.5. The van der Waals surface area contributed by atoms with Gasteiger partial charge in [0.2, 0.25) is 9.84 Å². The summed E-state index contributed by atoms with van der Waals surface area (Å²) in [5, 5.41) is 18.4. The van der Waals surface area contributed by atoms with E-state index in [1.54, 1.807) is 24.3 Å². The van der Waals surface area contributed by atoms with Gasteiger partial charge in [0.25, 0.3) is 0 Å². The zero-order valence-electron chi connectivity index (χ0n) is 17.2. The highest BCUT2D eigenvalue weighted by atomic mass is 32.2. The number of hydrogen-bond acceptors (Lipinski definition) is 5. The van der Waals surface area contributed by atoms with E-state index in [0.29, 0.717) is 5.56 Å². The molecule has 28 heavy (non-hydrogen) atoms. The van der Waals surface area contributed by atoms with Crippen molar-refractivity contribution in [2.75, 3.05) is 0 Å². The van der Waals surface area contributed by atoms with Gasteiger partial charge in [0.1, 0.15) is 5.75 Å². The molecule has 0 amide bonds. The highest BCUT2D eigenvalue weighted by Gasteiger charge is 2.27. The molecular formula is C22H28N2O3S. The van der Waals surface area contributed by atoms with Crippen LogP contribution in [0.1, 0.15) is 58.2 Å². The van der Waals surface area contributed by atoms with Crippen LogP contribution in [0.15, 0.2) is 46.5 Å². The average Bonchev–Trinajstić information content (AvgIpc) is 2.59. The lowest BCUT2D eigenvalue weighted by atomic mass is 9.78. The molecule has 2 rings (SSSR count). The molecule has 5 nitrogen and oxygen atoms in total. The van der Waals surface area contributed by atoms with Gasteiger partial charge in [-0.1, -0.05) is 47.6 Å². The summed E-state index contributed by atoms with van der Waals surface area (Å²) in [4.78, 5) is 3.76. The largest absolute Gasteiger partial charge is 0.507 e. The first kappa shape index (κ1) is 21.8. The van der Waals surface area contributed by atoms with Crippen LogP contribution in [0.3, 0.4) is 0 Å². The van der Waals surface area contributed by atoms with Crippen molar-refractivity contribution in [3.63, 3.8) is 0 Å². The number of nitrogens with one attached hydrogen (secondary N) is 1. The Hall–Kier alpha value is -2.47. The highest BCUT2D eigenvalue weighted by Crippen LogP contribution is 2.40. The topological polar surface area (TPSA) is 91.1 Å². The van der Waals surface area contributed by atoms with Crippen LogP contribution in [0.4, 0.5) is 0 Å². The molecule has 0 radical (unpaired) electrons. The molecule has 6 heteroatoms. The van der Waals surface area contributed by atoms with E-state index in [4.69, 9.17) is 5.41 Å². The van der Waals surface area contributed by atoms with Gasteiger partial charge in [0, 0.05) is 23.5 Å². The van der Waals surface area contributed by atoms with Crippen molar-refractivity contribution < 1.29 is 13.5 Å². The van der Waals surface area contributed by atoms with E-state index in [0.717, 1.165) is 17.3 Å². The minimum Gasteiger partial charge on any atom is -0.507 e. The zero-order chi connectivity index (χ0) is 21.3. The molecule has 0 fully saturated rings. The predicted octanol–water partition coefficient (Wildman–Crippen LogP) is 4.85. The number of aromatic nitrogens is 1. The van der Waals surface area contributed by atoms with Crippen molar-refractivity contribution in [3.8, 4) is 5.75 Å². The van der Waals surface area contributed by atoms with Crippen LogP contribution in [-0.2, 0) is 20.7 Å². The Balaban J connectivity index is 2.74. The van der Waals surface area contributed by atoms with E-state index in [1.807, 2.05) is 41.5 Å². The molecule has 1 heterocycles. The number of rotatable bonds is 4.